The summed E-state index contributed by atoms with van der Waals surface area (Å²) in [5, 5.41) is 4.06. The van der Waals surface area contributed by atoms with Gasteiger partial charge in [0.15, 0.2) is 0 Å². The lowest BCUT2D eigenvalue weighted by atomic mass is 10.1. The van der Waals surface area contributed by atoms with Gasteiger partial charge in [-0.3, -0.25) is 0 Å². The number of imidazole rings is 1. The van der Waals surface area contributed by atoms with Crippen molar-refractivity contribution in [3.63, 3.8) is 0 Å². The summed E-state index contributed by atoms with van der Waals surface area (Å²) >= 11 is 6.22. The van der Waals surface area contributed by atoms with Gasteiger partial charge in [-0.25, -0.2) is 4.98 Å². The zero-order valence-electron chi connectivity index (χ0n) is 11.0. The van der Waals surface area contributed by atoms with Gasteiger partial charge in [-0.2, -0.15) is 0 Å². The topological polar surface area (TPSA) is 39.1 Å². The summed E-state index contributed by atoms with van der Waals surface area (Å²) < 4.78 is 7.09. The highest BCUT2D eigenvalue weighted by Crippen LogP contribution is 2.26. The van der Waals surface area contributed by atoms with Crippen LogP contribution in [0.3, 0.4) is 0 Å². The number of ether oxygens (including phenoxy) is 1. The van der Waals surface area contributed by atoms with E-state index in [0.717, 1.165) is 42.5 Å². The van der Waals surface area contributed by atoms with Crippen molar-refractivity contribution in [3.05, 3.63) is 41.8 Å². The number of halogens is 1. The Bertz CT molecular complexity index is 513. The lowest BCUT2D eigenvalue weighted by Crippen LogP contribution is -2.23. The number of benzene rings is 1. The Morgan fingerprint density at radius 3 is 2.95 bits per heavy atom. The first-order valence-electron chi connectivity index (χ1n) is 6.27. The van der Waals surface area contributed by atoms with Crippen molar-refractivity contribution in [1.82, 2.24) is 14.9 Å². The third-order valence-corrected chi connectivity index (χ3v) is 3.20. The molecule has 0 saturated heterocycles. The zero-order valence-corrected chi connectivity index (χ0v) is 11.7. The first-order valence-corrected chi connectivity index (χ1v) is 6.65. The second kappa shape index (κ2) is 7.28. The second-order valence-electron chi connectivity index (χ2n) is 4.19. The molecular weight excluding hydrogens is 262 g/mol. The minimum atomic E-state index is 0.724. The van der Waals surface area contributed by atoms with Crippen LogP contribution in [0.15, 0.2) is 36.8 Å². The summed E-state index contributed by atoms with van der Waals surface area (Å²) in [6, 6.07) is 7.81. The Morgan fingerprint density at radius 2 is 2.16 bits per heavy atom. The molecule has 19 heavy (non-hydrogen) atoms. The monoisotopic (exact) mass is 279 g/mol. The van der Waals surface area contributed by atoms with Crippen LogP contribution in [-0.4, -0.2) is 36.4 Å². The molecule has 1 heterocycles. The fourth-order valence-electron chi connectivity index (χ4n) is 1.89. The van der Waals surface area contributed by atoms with E-state index in [9.17, 15) is 0 Å². The third kappa shape index (κ3) is 3.80. The van der Waals surface area contributed by atoms with Crippen molar-refractivity contribution in [1.29, 1.82) is 0 Å². The van der Waals surface area contributed by atoms with Crippen molar-refractivity contribution in [3.8, 4) is 11.3 Å². The molecule has 0 amide bonds. The molecule has 102 valence electrons. The Hall–Kier alpha value is -1.36. The summed E-state index contributed by atoms with van der Waals surface area (Å²) in [5.41, 5.74) is 2.05. The van der Waals surface area contributed by atoms with Gasteiger partial charge in [-0.15, -0.1) is 0 Å². The maximum atomic E-state index is 6.22. The Balaban J connectivity index is 2.00. The highest BCUT2D eigenvalue weighted by atomic mass is 35.5. The van der Waals surface area contributed by atoms with Gasteiger partial charge < -0.3 is 14.6 Å². The molecule has 0 radical (unpaired) electrons. The highest BCUT2D eigenvalue weighted by Gasteiger charge is 2.07. The van der Waals surface area contributed by atoms with E-state index in [1.54, 1.807) is 7.11 Å². The first kappa shape index (κ1) is 14.1. The van der Waals surface area contributed by atoms with Gasteiger partial charge >= 0.3 is 0 Å². The number of nitrogens with one attached hydrogen (secondary N) is 1. The fraction of sp³-hybridized carbons (Fsp3) is 0.357. The van der Waals surface area contributed by atoms with Gasteiger partial charge in [-0.05, 0) is 6.07 Å². The number of methoxy groups -OCH3 is 1. The van der Waals surface area contributed by atoms with Crippen LogP contribution >= 0.6 is 11.6 Å². The quantitative estimate of drug-likeness (QED) is 0.791. The van der Waals surface area contributed by atoms with E-state index >= 15 is 0 Å². The van der Waals surface area contributed by atoms with Crippen molar-refractivity contribution >= 4 is 11.6 Å². The molecule has 1 aromatic heterocycles. The lowest BCUT2D eigenvalue weighted by molar-refractivity contribution is 0.199. The Morgan fingerprint density at radius 1 is 1.32 bits per heavy atom. The van der Waals surface area contributed by atoms with Crippen LogP contribution in [0.4, 0.5) is 0 Å². The van der Waals surface area contributed by atoms with Crippen molar-refractivity contribution in [2.45, 2.75) is 6.54 Å². The average Bonchev–Trinajstić information content (AvgIpc) is 2.87. The molecule has 0 spiro atoms. The van der Waals surface area contributed by atoms with Crippen LogP contribution in [0.2, 0.25) is 5.02 Å². The first-order chi connectivity index (χ1) is 9.33. The molecule has 0 bridgehead atoms. The zero-order chi connectivity index (χ0) is 13.5. The van der Waals surface area contributed by atoms with E-state index in [1.165, 1.54) is 0 Å². The Labute approximate surface area is 118 Å². The van der Waals surface area contributed by atoms with E-state index < -0.39 is 0 Å². The van der Waals surface area contributed by atoms with E-state index in [1.807, 2.05) is 36.8 Å². The summed E-state index contributed by atoms with van der Waals surface area (Å²) in [6.45, 7) is 3.30. The lowest BCUT2D eigenvalue weighted by Gasteiger charge is -2.10. The molecule has 2 rings (SSSR count). The molecular formula is C14H18ClN3O. The molecule has 4 nitrogen and oxygen atoms in total. The van der Waals surface area contributed by atoms with E-state index in [4.69, 9.17) is 16.3 Å². The largest absolute Gasteiger partial charge is 0.383 e. The normalized spacial score (nSPS) is 10.8. The predicted molar refractivity (Wildman–Crippen MR) is 77.4 cm³/mol. The molecule has 0 fully saturated rings. The Kier molecular flexibility index (Phi) is 5.39. The van der Waals surface area contributed by atoms with E-state index in [-0.39, 0.29) is 0 Å². The molecule has 0 saturated carbocycles. The third-order valence-electron chi connectivity index (χ3n) is 2.87. The highest BCUT2D eigenvalue weighted by molar-refractivity contribution is 6.33. The fourth-order valence-corrected chi connectivity index (χ4v) is 2.12. The van der Waals surface area contributed by atoms with Crippen LogP contribution < -0.4 is 5.32 Å². The molecule has 0 unspecified atom stereocenters. The number of aromatic nitrogens is 2. The van der Waals surface area contributed by atoms with Crippen LogP contribution in [0, 0.1) is 0 Å². The standard InChI is InChI=1S/C14H18ClN3O/c1-19-9-7-16-6-8-18-11-17-10-14(18)12-4-2-3-5-13(12)15/h2-5,10-11,16H,6-9H2,1H3. The smallest absolute Gasteiger partial charge is 0.0951 e. The molecule has 1 N–H and O–H groups in total. The molecule has 0 aliphatic rings. The molecule has 2 aromatic rings. The van der Waals surface area contributed by atoms with Crippen LogP contribution in [0.5, 0.6) is 0 Å². The van der Waals surface area contributed by atoms with Gasteiger partial charge in [0.25, 0.3) is 0 Å². The maximum absolute atomic E-state index is 6.22. The van der Waals surface area contributed by atoms with Crippen molar-refractivity contribution < 1.29 is 4.74 Å². The van der Waals surface area contributed by atoms with Gasteiger partial charge in [0.1, 0.15) is 0 Å². The van der Waals surface area contributed by atoms with Crippen molar-refractivity contribution in [2.75, 3.05) is 26.8 Å². The minimum absolute atomic E-state index is 0.724. The number of hydrogen-bond acceptors (Lipinski definition) is 3. The minimum Gasteiger partial charge on any atom is -0.383 e. The SMILES string of the molecule is COCCNCCn1cncc1-c1ccccc1Cl. The number of hydrogen-bond donors (Lipinski definition) is 1. The average molecular weight is 280 g/mol. The maximum Gasteiger partial charge on any atom is 0.0951 e. The summed E-state index contributed by atoms with van der Waals surface area (Å²) in [4.78, 5) is 4.21. The molecule has 0 aliphatic heterocycles. The van der Waals surface area contributed by atoms with E-state index in [2.05, 4.69) is 14.9 Å². The van der Waals surface area contributed by atoms with Crippen LogP contribution in [0.1, 0.15) is 0 Å². The second-order valence-corrected chi connectivity index (χ2v) is 4.60. The van der Waals surface area contributed by atoms with Crippen LogP contribution in [-0.2, 0) is 11.3 Å². The summed E-state index contributed by atoms with van der Waals surface area (Å²) in [5.74, 6) is 0. The molecule has 5 heteroatoms. The molecule has 1 aromatic carbocycles. The van der Waals surface area contributed by atoms with Gasteiger partial charge in [0, 0.05) is 37.3 Å². The predicted octanol–water partition coefficient (Wildman–Crippen LogP) is 2.44. The molecule has 0 atom stereocenters. The van der Waals surface area contributed by atoms with E-state index in [0.29, 0.717) is 0 Å². The number of nitrogens with zero attached hydrogens (tertiary/aromatic N) is 2. The summed E-state index contributed by atoms with van der Waals surface area (Å²) in [7, 11) is 1.70. The van der Waals surface area contributed by atoms with Gasteiger partial charge in [0.2, 0.25) is 0 Å². The molecule has 0 aliphatic carbocycles. The number of rotatable bonds is 7. The van der Waals surface area contributed by atoms with Crippen LogP contribution in [0.25, 0.3) is 11.3 Å². The summed E-state index contributed by atoms with van der Waals surface area (Å²) in [6.07, 6.45) is 3.67. The van der Waals surface area contributed by atoms with Gasteiger partial charge in [0.05, 0.1) is 24.8 Å². The van der Waals surface area contributed by atoms with Crippen molar-refractivity contribution in [2.24, 2.45) is 0 Å². The van der Waals surface area contributed by atoms with Gasteiger partial charge in [-0.1, -0.05) is 29.8 Å².